The van der Waals surface area contributed by atoms with Crippen LogP contribution in [-0.4, -0.2) is 4.57 Å². The average Bonchev–Trinajstić information content (AvgIpc) is 3.50. The Morgan fingerprint density at radius 1 is 0.288 bits per heavy atom. The second-order valence-corrected chi connectivity index (χ2v) is 13.1. The second kappa shape index (κ2) is 13.5. The van der Waals surface area contributed by atoms with Gasteiger partial charge in [-0.25, -0.2) is 0 Å². The Morgan fingerprint density at radius 2 is 0.558 bits per heavy atom. The van der Waals surface area contributed by atoms with E-state index in [2.05, 4.69) is 228 Å². The molecule has 248 valence electrons. The molecule has 9 rings (SSSR count). The quantitative estimate of drug-likeness (QED) is 0.160. The van der Waals surface area contributed by atoms with E-state index < -0.39 is 0 Å². The van der Waals surface area contributed by atoms with Gasteiger partial charge in [-0.15, -0.1) is 0 Å². The number of para-hydroxylation sites is 4. The first kappa shape index (κ1) is 31.2. The zero-order valence-electron chi connectivity index (χ0n) is 29.0. The number of aryl methyl sites for hydroxylation is 1. The summed E-state index contributed by atoms with van der Waals surface area (Å²) in [7, 11) is 2.16. The van der Waals surface area contributed by atoms with Crippen LogP contribution in [0, 0.1) is 0 Å². The highest BCUT2D eigenvalue weighted by atomic mass is 15.1. The largest absolute Gasteiger partial charge is 0.344 e. The minimum atomic E-state index is 1.12. The topological polar surface area (TPSA) is 11.4 Å². The molecular weight excluding hydrogens is 631 g/mol. The van der Waals surface area contributed by atoms with Gasteiger partial charge in [0.2, 0.25) is 0 Å². The molecular formula is C49H37N3. The zero-order chi connectivity index (χ0) is 34.9. The molecule has 0 aliphatic rings. The molecule has 0 spiro atoms. The van der Waals surface area contributed by atoms with Gasteiger partial charge in [0, 0.05) is 63.0 Å². The molecule has 0 aliphatic heterocycles. The highest BCUT2D eigenvalue weighted by Crippen LogP contribution is 2.39. The van der Waals surface area contributed by atoms with Gasteiger partial charge in [-0.3, -0.25) is 0 Å². The van der Waals surface area contributed by atoms with Crippen molar-refractivity contribution in [3.05, 3.63) is 206 Å². The lowest BCUT2D eigenvalue weighted by Gasteiger charge is -2.25. The van der Waals surface area contributed by atoms with E-state index in [9.17, 15) is 0 Å². The monoisotopic (exact) mass is 667 g/mol. The molecule has 0 aliphatic carbocycles. The number of hydrogen-bond acceptors (Lipinski definition) is 2. The number of aromatic nitrogens is 1. The molecule has 0 radical (unpaired) electrons. The van der Waals surface area contributed by atoms with Crippen molar-refractivity contribution < 1.29 is 0 Å². The molecule has 3 heteroatoms. The lowest BCUT2D eigenvalue weighted by atomic mass is 9.99. The predicted molar refractivity (Wildman–Crippen MR) is 221 cm³/mol. The molecule has 0 amide bonds. The highest BCUT2D eigenvalue weighted by Gasteiger charge is 2.15. The molecule has 0 bridgehead atoms. The minimum Gasteiger partial charge on any atom is -0.344 e. The van der Waals surface area contributed by atoms with E-state index in [4.69, 9.17) is 0 Å². The van der Waals surface area contributed by atoms with Gasteiger partial charge in [-0.1, -0.05) is 109 Å². The van der Waals surface area contributed by atoms with Gasteiger partial charge in [0.1, 0.15) is 0 Å². The Morgan fingerprint density at radius 3 is 0.865 bits per heavy atom. The Labute approximate surface area is 304 Å². The maximum Gasteiger partial charge on any atom is 0.0489 e. The van der Waals surface area contributed by atoms with E-state index in [1.807, 2.05) is 0 Å². The van der Waals surface area contributed by atoms with Crippen molar-refractivity contribution in [3.8, 4) is 22.3 Å². The van der Waals surface area contributed by atoms with Gasteiger partial charge in [0.15, 0.2) is 0 Å². The molecule has 0 atom stereocenters. The lowest BCUT2D eigenvalue weighted by molar-refractivity contribution is 1.01. The fourth-order valence-electron chi connectivity index (χ4n) is 7.39. The fraction of sp³-hybridized carbons (Fsp3) is 0.0204. The Balaban J connectivity index is 1.06. The Bertz CT molecular complexity index is 2330. The number of fused-ring (bicyclic) bond motifs is 3. The maximum atomic E-state index is 2.35. The number of nitrogens with zero attached hydrogens (tertiary/aromatic N) is 3. The first-order valence-corrected chi connectivity index (χ1v) is 17.7. The number of anilines is 6. The van der Waals surface area contributed by atoms with Crippen LogP contribution in [0.1, 0.15) is 0 Å². The van der Waals surface area contributed by atoms with Crippen molar-refractivity contribution in [2.45, 2.75) is 0 Å². The number of hydrogen-bond donors (Lipinski definition) is 0. The molecule has 0 fully saturated rings. The normalized spacial score (nSPS) is 11.2. The molecule has 9 aromatic rings. The second-order valence-electron chi connectivity index (χ2n) is 13.1. The first-order valence-electron chi connectivity index (χ1n) is 17.7. The Hall–Kier alpha value is -6.84. The third-order valence-electron chi connectivity index (χ3n) is 9.98. The van der Waals surface area contributed by atoms with Crippen LogP contribution in [-0.2, 0) is 7.05 Å². The van der Waals surface area contributed by atoms with Crippen LogP contribution in [0.5, 0.6) is 0 Å². The van der Waals surface area contributed by atoms with E-state index in [1.165, 1.54) is 44.1 Å². The third kappa shape index (κ3) is 5.78. The molecule has 0 unspecified atom stereocenters. The molecule has 0 saturated heterocycles. The molecule has 52 heavy (non-hydrogen) atoms. The fourth-order valence-corrected chi connectivity index (χ4v) is 7.39. The third-order valence-corrected chi connectivity index (χ3v) is 9.98. The van der Waals surface area contributed by atoms with E-state index in [1.54, 1.807) is 0 Å². The van der Waals surface area contributed by atoms with Crippen molar-refractivity contribution in [1.29, 1.82) is 0 Å². The standard InChI is InChI=1S/C49H37N3/c1-50-48-32-26-38(36-22-28-44(29-23-36)51(40-14-6-2-7-15-40)41-16-8-3-9-17-41)34-46(48)47-35-39(27-33-49(47)50)37-24-30-45(31-25-37)52(42-18-10-4-11-19-42)43-20-12-5-13-21-43/h2-35H,1H3. The van der Waals surface area contributed by atoms with Crippen molar-refractivity contribution in [2.75, 3.05) is 9.80 Å². The number of benzene rings is 8. The maximum absolute atomic E-state index is 2.35. The van der Waals surface area contributed by atoms with Gasteiger partial charge >= 0.3 is 0 Å². The van der Waals surface area contributed by atoms with E-state index in [0.29, 0.717) is 0 Å². The highest BCUT2D eigenvalue weighted by molar-refractivity contribution is 6.10. The van der Waals surface area contributed by atoms with Crippen LogP contribution in [0.15, 0.2) is 206 Å². The zero-order valence-corrected chi connectivity index (χ0v) is 29.0. The van der Waals surface area contributed by atoms with Crippen LogP contribution in [0.2, 0.25) is 0 Å². The summed E-state index contributed by atoms with van der Waals surface area (Å²) in [6, 6.07) is 73.7. The van der Waals surface area contributed by atoms with Gasteiger partial charge in [-0.2, -0.15) is 0 Å². The molecule has 1 heterocycles. The number of rotatable bonds is 8. The van der Waals surface area contributed by atoms with Crippen molar-refractivity contribution in [2.24, 2.45) is 7.05 Å². The van der Waals surface area contributed by atoms with Crippen molar-refractivity contribution in [1.82, 2.24) is 4.57 Å². The minimum absolute atomic E-state index is 1.12. The van der Waals surface area contributed by atoms with E-state index in [0.717, 1.165) is 34.1 Å². The van der Waals surface area contributed by atoms with Gasteiger partial charge in [0.25, 0.3) is 0 Å². The summed E-state index contributed by atoms with van der Waals surface area (Å²) < 4.78 is 2.31. The first-order chi connectivity index (χ1) is 25.7. The molecule has 8 aromatic carbocycles. The van der Waals surface area contributed by atoms with Crippen LogP contribution >= 0.6 is 0 Å². The van der Waals surface area contributed by atoms with E-state index >= 15 is 0 Å². The molecule has 1 aromatic heterocycles. The molecule has 0 saturated carbocycles. The SMILES string of the molecule is Cn1c2ccc(-c3ccc(N(c4ccccc4)c4ccccc4)cc3)cc2c2cc(-c3ccc(N(c4ccccc4)c4ccccc4)cc3)ccc21. The summed E-state index contributed by atoms with van der Waals surface area (Å²) in [4.78, 5) is 4.60. The predicted octanol–water partition coefficient (Wildman–Crippen LogP) is 13.6. The van der Waals surface area contributed by atoms with Crippen LogP contribution in [0.25, 0.3) is 44.1 Å². The van der Waals surface area contributed by atoms with Crippen molar-refractivity contribution in [3.63, 3.8) is 0 Å². The van der Waals surface area contributed by atoms with Gasteiger partial charge < -0.3 is 14.4 Å². The smallest absolute Gasteiger partial charge is 0.0489 e. The molecule has 3 nitrogen and oxygen atoms in total. The van der Waals surface area contributed by atoms with Gasteiger partial charge in [-0.05, 0) is 119 Å². The van der Waals surface area contributed by atoms with Crippen molar-refractivity contribution >= 4 is 55.9 Å². The van der Waals surface area contributed by atoms with Gasteiger partial charge in [0.05, 0.1) is 0 Å². The summed E-state index contributed by atoms with van der Waals surface area (Å²) in [5, 5.41) is 2.51. The summed E-state index contributed by atoms with van der Waals surface area (Å²) in [5.41, 5.74) is 14.0. The lowest BCUT2D eigenvalue weighted by Crippen LogP contribution is -2.09. The Kier molecular flexibility index (Phi) is 8.07. The van der Waals surface area contributed by atoms with Crippen LogP contribution < -0.4 is 9.80 Å². The average molecular weight is 668 g/mol. The van der Waals surface area contributed by atoms with Crippen LogP contribution in [0.3, 0.4) is 0 Å². The van der Waals surface area contributed by atoms with Crippen LogP contribution in [0.4, 0.5) is 34.1 Å². The summed E-state index contributed by atoms with van der Waals surface area (Å²) in [5.74, 6) is 0. The van der Waals surface area contributed by atoms with E-state index in [-0.39, 0.29) is 0 Å². The molecule has 0 N–H and O–H groups in total. The summed E-state index contributed by atoms with van der Waals surface area (Å²) in [6.45, 7) is 0. The summed E-state index contributed by atoms with van der Waals surface area (Å²) >= 11 is 0. The summed E-state index contributed by atoms with van der Waals surface area (Å²) in [6.07, 6.45) is 0.